The van der Waals surface area contributed by atoms with E-state index in [0.717, 1.165) is 10.6 Å². The lowest BCUT2D eigenvalue weighted by atomic mass is 10.1. The SMILES string of the molecule is CSc1cccc(NC(=O)C2CSc3ncc(C)c(=O)n3C2)c1. The molecular weight excluding hydrogens is 330 g/mol. The highest BCUT2D eigenvalue weighted by molar-refractivity contribution is 7.99. The molecule has 1 aliphatic rings. The quantitative estimate of drug-likeness (QED) is 0.683. The molecule has 120 valence electrons. The molecule has 1 unspecified atom stereocenters. The van der Waals surface area contributed by atoms with E-state index in [2.05, 4.69) is 10.3 Å². The van der Waals surface area contributed by atoms with Gasteiger partial charge in [-0.2, -0.15) is 0 Å². The van der Waals surface area contributed by atoms with Crippen molar-refractivity contribution >= 4 is 35.1 Å². The second-order valence-corrected chi connectivity index (χ2v) is 7.24. The Bertz CT molecular complexity index is 804. The van der Waals surface area contributed by atoms with Gasteiger partial charge in [-0.3, -0.25) is 14.2 Å². The van der Waals surface area contributed by atoms with E-state index in [-0.39, 0.29) is 17.4 Å². The molecule has 23 heavy (non-hydrogen) atoms. The molecule has 0 spiro atoms. The van der Waals surface area contributed by atoms with E-state index in [1.54, 1.807) is 29.4 Å². The Morgan fingerprint density at radius 1 is 1.48 bits per heavy atom. The van der Waals surface area contributed by atoms with Gasteiger partial charge < -0.3 is 5.32 Å². The Hall–Kier alpha value is -1.73. The fraction of sp³-hybridized carbons (Fsp3) is 0.312. The van der Waals surface area contributed by atoms with Crippen molar-refractivity contribution in [1.29, 1.82) is 0 Å². The number of hydrogen-bond donors (Lipinski definition) is 1. The number of thioether (sulfide) groups is 2. The lowest BCUT2D eigenvalue weighted by Crippen LogP contribution is -2.37. The summed E-state index contributed by atoms with van der Waals surface area (Å²) < 4.78 is 1.60. The number of aryl methyl sites for hydroxylation is 1. The van der Waals surface area contributed by atoms with E-state index < -0.39 is 0 Å². The molecule has 1 atom stereocenters. The molecule has 1 aromatic heterocycles. The summed E-state index contributed by atoms with van der Waals surface area (Å²) in [5.41, 5.74) is 1.32. The molecule has 1 amide bonds. The number of rotatable bonds is 3. The van der Waals surface area contributed by atoms with Crippen molar-refractivity contribution in [2.24, 2.45) is 5.92 Å². The van der Waals surface area contributed by atoms with Gasteiger partial charge in [0.25, 0.3) is 5.56 Å². The lowest BCUT2D eigenvalue weighted by Gasteiger charge is -2.24. The van der Waals surface area contributed by atoms with Crippen molar-refractivity contribution in [1.82, 2.24) is 9.55 Å². The van der Waals surface area contributed by atoms with Crippen LogP contribution in [0.1, 0.15) is 5.56 Å². The monoisotopic (exact) mass is 347 g/mol. The normalized spacial score (nSPS) is 16.7. The van der Waals surface area contributed by atoms with Crippen LogP contribution in [-0.2, 0) is 11.3 Å². The molecule has 5 nitrogen and oxygen atoms in total. The smallest absolute Gasteiger partial charge is 0.257 e. The Morgan fingerprint density at radius 2 is 2.30 bits per heavy atom. The van der Waals surface area contributed by atoms with Crippen LogP contribution in [0.2, 0.25) is 0 Å². The third kappa shape index (κ3) is 3.45. The van der Waals surface area contributed by atoms with Crippen LogP contribution in [0.4, 0.5) is 5.69 Å². The summed E-state index contributed by atoms with van der Waals surface area (Å²) in [5, 5.41) is 3.64. The average molecular weight is 347 g/mol. The van der Waals surface area contributed by atoms with Crippen molar-refractivity contribution in [2.45, 2.75) is 23.5 Å². The molecule has 0 radical (unpaired) electrons. The molecule has 1 aliphatic heterocycles. The van der Waals surface area contributed by atoms with Crippen LogP contribution in [0.25, 0.3) is 0 Å². The van der Waals surface area contributed by atoms with Crippen LogP contribution < -0.4 is 10.9 Å². The second kappa shape index (κ2) is 6.80. The van der Waals surface area contributed by atoms with Gasteiger partial charge in [0.05, 0.1) is 5.92 Å². The second-order valence-electron chi connectivity index (χ2n) is 5.37. The number of carbonyl (C=O) groups excluding carboxylic acids is 1. The molecule has 7 heteroatoms. The number of aromatic nitrogens is 2. The number of carbonyl (C=O) groups is 1. The van der Waals surface area contributed by atoms with Crippen LogP contribution in [0, 0.1) is 12.8 Å². The fourth-order valence-corrected chi connectivity index (χ4v) is 3.91. The molecule has 0 bridgehead atoms. The third-order valence-electron chi connectivity index (χ3n) is 3.71. The number of nitrogens with one attached hydrogen (secondary N) is 1. The Morgan fingerprint density at radius 3 is 3.09 bits per heavy atom. The predicted octanol–water partition coefficient (Wildman–Crippen LogP) is 2.63. The molecule has 0 saturated carbocycles. The number of nitrogens with zero attached hydrogens (tertiary/aromatic N) is 2. The molecule has 2 heterocycles. The molecule has 0 saturated heterocycles. The number of anilines is 1. The van der Waals surface area contributed by atoms with Crippen LogP contribution in [0.5, 0.6) is 0 Å². The lowest BCUT2D eigenvalue weighted by molar-refractivity contribution is -0.119. The largest absolute Gasteiger partial charge is 0.326 e. The zero-order chi connectivity index (χ0) is 16.4. The Labute approximate surface area is 142 Å². The zero-order valence-corrected chi connectivity index (χ0v) is 14.5. The highest BCUT2D eigenvalue weighted by atomic mass is 32.2. The number of benzene rings is 1. The van der Waals surface area contributed by atoms with Crippen molar-refractivity contribution in [3.63, 3.8) is 0 Å². The molecule has 2 aromatic rings. The Balaban J connectivity index is 1.76. The zero-order valence-electron chi connectivity index (χ0n) is 12.9. The van der Waals surface area contributed by atoms with Crippen LogP contribution in [0.15, 0.2) is 45.3 Å². The maximum Gasteiger partial charge on any atom is 0.257 e. The van der Waals surface area contributed by atoms with E-state index in [1.165, 1.54) is 11.8 Å². The van der Waals surface area contributed by atoms with Gasteiger partial charge in [-0.1, -0.05) is 17.8 Å². The topological polar surface area (TPSA) is 64.0 Å². The van der Waals surface area contributed by atoms with E-state index in [0.29, 0.717) is 23.0 Å². The van der Waals surface area contributed by atoms with Gasteiger partial charge in [0.15, 0.2) is 5.16 Å². The number of fused-ring (bicyclic) bond motifs is 1. The van der Waals surface area contributed by atoms with Crippen molar-refractivity contribution < 1.29 is 4.79 Å². The van der Waals surface area contributed by atoms with Gasteiger partial charge >= 0.3 is 0 Å². The first-order valence-corrected chi connectivity index (χ1v) is 9.43. The fourth-order valence-electron chi connectivity index (χ4n) is 2.40. The summed E-state index contributed by atoms with van der Waals surface area (Å²) in [6.07, 6.45) is 3.59. The van der Waals surface area contributed by atoms with Gasteiger partial charge in [-0.05, 0) is 31.4 Å². The van der Waals surface area contributed by atoms with Gasteiger partial charge in [0.1, 0.15) is 0 Å². The maximum atomic E-state index is 12.5. The van der Waals surface area contributed by atoms with Crippen LogP contribution in [-0.4, -0.2) is 27.5 Å². The first-order valence-electron chi connectivity index (χ1n) is 7.22. The molecule has 0 fully saturated rings. The highest BCUT2D eigenvalue weighted by Gasteiger charge is 2.27. The summed E-state index contributed by atoms with van der Waals surface area (Å²) in [6, 6.07) is 7.74. The van der Waals surface area contributed by atoms with Gasteiger partial charge in [-0.25, -0.2) is 4.98 Å². The van der Waals surface area contributed by atoms with Gasteiger partial charge in [0.2, 0.25) is 5.91 Å². The number of amides is 1. The molecule has 1 N–H and O–H groups in total. The van der Waals surface area contributed by atoms with E-state index in [1.807, 2.05) is 30.5 Å². The van der Waals surface area contributed by atoms with Crippen molar-refractivity contribution in [3.05, 3.63) is 46.4 Å². The van der Waals surface area contributed by atoms with E-state index in [9.17, 15) is 9.59 Å². The first-order chi connectivity index (χ1) is 11.1. The van der Waals surface area contributed by atoms with Crippen LogP contribution >= 0.6 is 23.5 Å². The molecule has 0 aliphatic carbocycles. The van der Waals surface area contributed by atoms with Gasteiger partial charge in [-0.15, -0.1) is 11.8 Å². The summed E-state index contributed by atoms with van der Waals surface area (Å²) >= 11 is 3.08. The average Bonchev–Trinajstić information content (AvgIpc) is 2.58. The van der Waals surface area contributed by atoms with Crippen molar-refractivity contribution in [2.75, 3.05) is 17.3 Å². The summed E-state index contributed by atoms with van der Waals surface area (Å²) in [6.45, 7) is 2.12. The van der Waals surface area contributed by atoms with E-state index >= 15 is 0 Å². The Kier molecular flexibility index (Phi) is 4.77. The van der Waals surface area contributed by atoms with Gasteiger partial charge in [0, 0.05) is 34.6 Å². The minimum absolute atomic E-state index is 0.0604. The standard InChI is InChI=1S/C16H17N3O2S2/c1-10-7-17-16-19(15(10)21)8-11(9-23-16)14(20)18-12-4-3-5-13(6-12)22-2/h3-7,11H,8-9H2,1-2H3,(H,18,20). The van der Waals surface area contributed by atoms with E-state index in [4.69, 9.17) is 0 Å². The highest BCUT2D eigenvalue weighted by Crippen LogP contribution is 2.26. The van der Waals surface area contributed by atoms with Crippen LogP contribution in [0.3, 0.4) is 0 Å². The first kappa shape index (κ1) is 16.1. The number of hydrogen-bond acceptors (Lipinski definition) is 5. The third-order valence-corrected chi connectivity index (χ3v) is 5.59. The maximum absolute atomic E-state index is 12.5. The molecule has 3 rings (SSSR count). The summed E-state index contributed by atoms with van der Waals surface area (Å²) in [7, 11) is 0. The van der Waals surface area contributed by atoms with Crippen molar-refractivity contribution in [3.8, 4) is 0 Å². The summed E-state index contributed by atoms with van der Waals surface area (Å²) in [4.78, 5) is 30.1. The molecule has 1 aromatic carbocycles. The predicted molar refractivity (Wildman–Crippen MR) is 94.3 cm³/mol. The minimum atomic E-state index is -0.244. The summed E-state index contributed by atoms with van der Waals surface area (Å²) in [5.74, 6) is 0.324. The molecular formula is C16H17N3O2S2. The minimum Gasteiger partial charge on any atom is -0.326 e.